The van der Waals surface area contributed by atoms with E-state index in [0.29, 0.717) is 11.4 Å². The second-order valence-corrected chi connectivity index (χ2v) is 5.55. The molecule has 1 fully saturated rings. The van der Waals surface area contributed by atoms with Crippen LogP contribution < -0.4 is 5.32 Å². The first-order chi connectivity index (χ1) is 9.61. The fourth-order valence-corrected chi connectivity index (χ4v) is 3.10. The van der Waals surface area contributed by atoms with Crippen LogP contribution in [0.2, 0.25) is 5.02 Å². The first kappa shape index (κ1) is 15.3. The molecule has 5 heteroatoms. The first-order valence-electron chi connectivity index (χ1n) is 7.06. The van der Waals surface area contributed by atoms with Gasteiger partial charge in [-0.3, -0.25) is 4.90 Å². The molecule has 4 nitrogen and oxygen atoms in total. The fraction of sp³-hybridized carbons (Fsp3) is 0.533. The third-order valence-corrected chi connectivity index (χ3v) is 4.32. The van der Waals surface area contributed by atoms with Crippen molar-refractivity contribution in [3.63, 3.8) is 0 Å². The van der Waals surface area contributed by atoms with E-state index >= 15 is 0 Å². The molecule has 2 rings (SSSR count). The molecule has 1 aromatic rings. The predicted molar refractivity (Wildman–Crippen MR) is 80.1 cm³/mol. The van der Waals surface area contributed by atoms with Crippen LogP contribution in [0.25, 0.3) is 0 Å². The van der Waals surface area contributed by atoms with Gasteiger partial charge in [0.15, 0.2) is 0 Å². The smallest absolute Gasteiger partial charge is 0.328 e. The molecular weight excluding hydrogens is 276 g/mol. The summed E-state index contributed by atoms with van der Waals surface area (Å²) in [7, 11) is 0. The summed E-state index contributed by atoms with van der Waals surface area (Å²) in [5.74, 6) is -0.788. The number of benzene rings is 1. The normalized spacial score (nSPS) is 20.1. The molecule has 2 N–H and O–H groups in total. The molecule has 1 atom stereocenters. The topological polar surface area (TPSA) is 52.6 Å². The Morgan fingerprint density at radius 1 is 1.35 bits per heavy atom. The monoisotopic (exact) mass is 296 g/mol. The van der Waals surface area contributed by atoms with E-state index in [-0.39, 0.29) is 0 Å². The lowest BCUT2D eigenvalue weighted by Gasteiger charge is -2.40. The molecule has 0 radical (unpaired) electrons. The van der Waals surface area contributed by atoms with E-state index in [2.05, 4.69) is 10.2 Å². The van der Waals surface area contributed by atoms with Crippen LogP contribution in [0.3, 0.4) is 0 Å². The fourth-order valence-electron chi connectivity index (χ4n) is 2.97. The first-order valence-corrected chi connectivity index (χ1v) is 7.44. The van der Waals surface area contributed by atoms with Crippen molar-refractivity contribution in [1.29, 1.82) is 0 Å². The molecule has 20 heavy (non-hydrogen) atoms. The number of rotatable bonds is 4. The minimum atomic E-state index is -0.962. The summed E-state index contributed by atoms with van der Waals surface area (Å²) in [5, 5.41) is 13.8. The number of aliphatic carboxylic acids is 1. The molecule has 110 valence electrons. The average Bonchev–Trinajstić information content (AvgIpc) is 2.71. The average molecular weight is 297 g/mol. The lowest BCUT2D eigenvalue weighted by atomic mass is 9.85. The number of carboxylic acids is 1. The molecule has 1 heterocycles. The van der Waals surface area contributed by atoms with Crippen LogP contribution in [0, 0.1) is 0 Å². The van der Waals surface area contributed by atoms with Crippen molar-refractivity contribution in [1.82, 2.24) is 10.2 Å². The maximum atomic E-state index is 12.1. The summed E-state index contributed by atoms with van der Waals surface area (Å²) in [6.07, 6.45) is 1.49. The maximum Gasteiger partial charge on any atom is 0.328 e. The van der Waals surface area contributed by atoms with Crippen LogP contribution in [0.15, 0.2) is 24.3 Å². The quantitative estimate of drug-likeness (QED) is 0.895. The van der Waals surface area contributed by atoms with Gasteiger partial charge in [0.25, 0.3) is 0 Å². The van der Waals surface area contributed by atoms with Gasteiger partial charge in [0, 0.05) is 24.7 Å². The summed E-state index contributed by atoms with van der Waals surface area (Å²) in [4.78, 5) is 14.1. The van der Waals surface area contributed by atoms with Crippen molar-refractivity contribution < 1.29 is 9.90 Å². The number of nitrogens with one attached hydrogen (secondary N) is 1. The van der Waals surface area contributed by atoms with Crippen molar-refractivity contribution in [2.75, 3.05) is 26.2 Å². The molecule has 1 aliphatic heterocycles. The molecule has 1 saturated heterocycles. The van der Waals surface area contributed by atoms with E-state index in [1.165, 1.54) is 0 Å². The van der Waals surface area contributed by atoms with Crippen molar-refractivity contribution in [3.8, 4) is 0 Å². The molecule has 1 unspecified atom stereocenters. The number of hydrogen-bond acceptors (Lipinski definition) is 3. The Bertz CT molecular complexity index is 455. The molecular formula is C15H21ClN2O2. The summed E-state index contributed by atoms with van der Waals surface area (Å²) in [6.45, 7) is 5.22. The Morgan fingerprint density at radius 3 is 2.65 bits per heavy atom. The summed E-state index contributed by atoms with van der Waals surface area (Å²) in [5.41, 5.74) is -0.157. The number of carboxylic acid groups (broad SMARTS) is 1. The Balaban J connectivity index is 2.43. The Morgan fingerprint density at radius 2 is 2.05 bits per heavy atom. The third-order valence-electron chi connectivity index (χ3n) is 4.07. The third kappa shape index (κ3) is 2.82. The molecule has 0 bridgehead atoms. The number of nitrogens with zero attached hydrogens (tertiary/aromatic N) is 1. The zero-order valence-electron chi connectivity index (χ0n) is 11.7. The number of hydrogen-bond donors (Lipinski definition) is 2. The van der Waals surface area contributed by atoms with Gasteiger partial charge in [0.05, 0.1) is 0 Å². The number of carbonyl (C=O) groups is 1. The van der Waals surface area contributed by atoms with Crippen molar-refractivity contribution in [2.24, 2.45) is 0 Å². The minimum Gasteiger partial charge on any atom is -0.480 e. The molecule has 0 amide bonds. The highest BCUT2D eigenvalue weighted by molar-refractivity contribution is 6.30. The van der Waals surface area contributed by atoms with E-state index in [4.69, 9.17) is 11.6 Å². The molecule has 1 aromatic carbocycles. The van der Waals surface area contributed by atoms with E-state index in [1.54, 1.807) is 12.1 Å². The van der Waals surface area contributed by atoms with Crippen LogP contribution >= 0.6 is 11.6 Å². The highest BCUT2D eigenvalue weighted by Crippen LogP contribution is 2.33. The van der Waals surface area contributed by atoms with Gasteiger partial charge < -0.3 is 10.4 Å². The van der Waals surface area contributed by atoms with Gasteiger partial charge in [-0.2, -0.15) is 0 Å². The lowest BCUT2D eigenvalue weighted by molar-refractivity contribution is -0.153. The zero-order valence-corrected chi connectivity index (χ0v) is 12.5. The largest absolute Gasteiger partial charge is 0.480 e. The Kier molecular flexibility index (Phi) is 5.02. The van der Waals surface area contributed by atoms with Crippen LogP contribution in [0.1, 0.15) is 25.3 Å². The van der Waals surface area contributed by atoms with Crippen molar-refractivity contribution in [2.45, 2.75) is 25.3 Å². The summed E-state index contributed by atoms with van der Waals surface area (Å²) in [6, 6.07) is 7.19. The Hall–Kier alpha value is -1.10. The molecule has 1 aliphatic rings. The second kappa shape index (κ2) is 6.57. The molecule has 0 spiro atoms. The van der Waals surface area contributed by atoms with Crippen LogP contribution in [-0.4, -0.2) is 42.2 Å². The van der Waals surface area contributed by atoms with E-state index < -0.39 is 11.5 Å². The summed E-state index contributed by atoms with van der Waals surface area (Å²) >= 11 is 5.93. The number of halogens is 1. The van der Waals surface area contributed by atoms with Crippen molar-refractivity contribution >= 4 is 17.6 Å². The standard InChI is InChI=1S/C15H21ClN2O2/c1-2-15(14(19)20,12-4-6-13(16)7-5-12)18-10-3-8-17-9-11-18/h4-7,17H,2-3,8-11H2,1H3,(H,19,20). The summed E-state index contributed by atoms with van der Waals surface area (Å²) < 4.78 is 0. The second-order valence-electron chi connectivity index (χ2n) is 5.12. The lowest BCUT2D eigenvalue weighted by Crippen LogP contribution is -2.52. The Labute approximate surface area is 124 Å². The highest BCUT2D eigenvalue weighted by Gasteiger charge is 2.44. The highest BCUT2D eigenvalue weighted by atomic mass is 35.5. The minimum absolute atomic E-state index is 0.532. The zero-order chi connectivity index (χ0) is 14.6. The van der Waals surface area contributed by atoms with Crippen LogP contribution in [0.5, 0.6) is 0 Å². The predicted octanol–water partition coefficient (Wildman–Crippen LogP) is 2.33. The molecule has 0 aromatic heterocycles. The van der Waals surface area contributed by atoms with Gasteiger partial charge >= 0.3 is 5.97 Å². The van der Waals surface area contributed by atoms with Gasteiger partial charge in [0.2, 0.25) is 0 Å². The van der Waals surface area contributed by atoms with E-state index in [9.17, 15) is 9.90 Å². The van der Waals surface area contributed by atoms with Crippen LogP contribution in [-0.2, 0) is 10.3 Å². The maximum absolute atomic E-state index is 12.1. The van der Waals surface area contributed by atoms with E-state index in [0.717, 1.165) is 38.2 Å². The SMILES string of the molecule is CCC(C(=O)O)(c1ccc(Cl)cc1)N1CCCNCC1. The van der Waals surface area contributed by atoms with Gasteiger partial charge in [-0.1, -0.05) is 30.7 Å². The van der Waals surface area contributed by atoms with Gasteiger partial charge in [-0.25, -0.2) is 4.79 Å². The van der Waals surface area contributed by atoms with E-state index in [1.807, 2.05) is 19.1 Å². The van der Waals surface area contributed by atoms with Crippen molar-refractivity contribution in [3.05, 3.63) is 34.9 Å². The van der Waals surface area contributed by atoms with Gasteiger partial charge in [0.1, 0.15) is 5.54 Å². The molecule has 0 saturated carbocycles. The van der Waals surface area contributed by atoms with Crippen LogP contribution in [0.4, 0.5) is 0 Å². The molecule has 0 aliphatic carbocycles. The van der Waals surface area contributed by atoms with Gasteiger partial charge in [-0.05, 0) is 37.1 Å². The van der Waals surface area contributed by atoms with Gasteiger partial charge in [-0.15, -0.1) is 0 Å².